The molecule has 0 heterocycles. The van der Waals surface area contributed by atoms with Crippen molar-refractivity contribution in [3.8, 4) is 0 Å². The summed E-state index contributed by atoms with van der Waals surface area (Å²) in [6.07, 6.45) is 0. The first-order valence-corrected chi connectivity index (χ1v) is 4.51. The molecule has 3 heteroatoms. The maximum atomic E-state index is 13.2. The fourth-order valence-corrected chi connectivity index (χ4v) is 1.75. The van der Waals surface area contributed by atoms with E-state index in [4.69, 9.17) is 0 Å². The van der Waals surface area contributed by atoms with Gasteiger partial charge in [0.25, 0.3) is 0 Å². The molecule has 0 aromatic heterocycles. The molecular formula is C10H5BrF2. The van der Waals surface area contributed by atoms with Gasteiger partial charge in [-0.05, 0) is 18.2 Å². The largest absolute Gasteiger partial charge is 0.206 e. The van der Waals surface area contributed by atoms with Crippen LogP contribution in [0.25, 0.3) is 10.8 Å². The highest BCUT2D eigenvalue weighted by Gasteiger charge is 2.07. The average molecular weight is 243 g/mol. The normalized spacial score (nSPS) is 10.7. The molecule has 2 aromatic carbocycles. The third-order valence-electron chi connectivity index (χ3n) is 1.89. The van der Waals surface area contributed by atoms with Crippen LogP contribution in [0.4, 0.5) is 8.78 Å². The van der Waals surface area contributed by atoms with E-state index in [-0.39, 0.29) is 5.39 Å². The Morgan fingerprint density at radius 1 is 0.923 bits per heavy atom. The summed E-state index contributed by atoms with van der Waals surface area (Å²) in [7, 11) is 0. The van der Waals surface area contributed by atoms with E-state index in [0.717, 1.165) is 0 Å². The topological polar surface area (TPSA) is 0 Å². The van der Waals surface area contributed by atoms with E-state index in [1.54, 1.807) is 18.2 Å². The quantitative estimate of drug-likeness (QED) is 0.658. The van der Waals surface area contributed by atoms with Crippen molar-refractivity contribution in [2.75, 3.05) is 0 Å². The number of hydrogen-bond acceptors (Lipinski definition) is 0. The highest BCUT2D eigenvalue weighted by Crippen LogP contribution is 2.27. The smallest absolute Gasteiger partial charge is 0.134 e. The van der Waals surface area contributed by atoms with Gasteiger partial charge in [-0.15, -0.1) is 0 Å². The van der Waals surface area contributed by atoms with Gasteiger partial charge in [0.15, 0.2) is 0 Å². The number of benzene rings is 2. The first kappa shape index (κ1) is 8.63. The minimum absolute atomic E-state index is 0.0388. The second-order valence-corrected chi connectivity index (χ2v) is 3.55. The summed E-state index contributed by atoms with van der Waals surface area (Å²) >= 11 is 3.23. The molecule has 0 saturated heterocycles. The van der Waals surface area contributed by atoms with Crippen LogP contribution in [0.3, 0.4) is 0 Å². The van der Waals surface area contributed by atoms with Gasteiger partial charge in [0.05, 0.1) is 5.39 Å². The summed E-state index contributed by atoms with van der Waals surface area (Å²) in [6.45, 7) is 0. The van der Waals surface area contributed by atoms with Gasteiger partial charge in [0.1, 0.15) is 11.6 Å². The summed E-state index contributed by atoms with van der Waals surface area (Å²) in [5, 5.41) is 0.594. The van der Waals surface area contributed by atoms with Gasteiger partial charge in [-0.3, -0.25) is 0 Å². The van der Waals surface area contributed by atoms with Crippen LogP contribution < -0.4 is 0 Å². The first-order valence-electron chi connectivity index (χ1n) is 3.72. The predicted octanol–water partition coefficient (Wildman–Crippen LogP) is 3.88. The third kappa shape index (κ3) is 1.33. The van der Waals surface area contributed by atoms with E-state index in [0.29, 0.717) is 9.86 Å². The molecule has 0 unspecified atom stereocenters. The lowest BCUT2D eigenvalue weighted by Crippen LogP contribution is -1.85. The van der Waals surface area contributed by atoms with Crippen molar-refractivity contribution in [2.24, 2.45) is 0 Å². The zero-order chi connectivity index (χ0) is 9.42. The second kappa shape index (κ2) is 3.07. The van der Waals surface area contributed by atoms with Gasteiger partial charge >= 0.3 is 0 Å². The Morgan fingerprint density at radius 2 is 1.62 bits per heavy atom. The van der Waals surface area contributed by atoms with E-state index in [2.05, 4.69) is 15.9 Å². The van der Waals surface area contributed by atoms with Crippen LogP contribution in [-0.4, -0.2) is 0 Å². The second-order valence-electron chi connectivity index (χ2n) is 2.69. The Bertz CT molecular complexity index is 457. The summed E-state index contributed by atoms with van der Waals surface area (Å²) in [6, 6.07) is 7.29. The average Bonchev–Trinajstić information content (AvgIpc) is 2.12. The minimum Gasteiger partial charge on any atom is -0.206 e. The first-order chi connectivity index (χ1) is 6.20. The van der Waals surface area contributed by atoms with Crippen LogP contribution in [0.15, 0.2) is 34.8 Å². The molecule has 0 atom stereocenters. The number of halogens is 3. The molecule has 13 heavy (non-hydrogen) atoms. The Kier molecular flexibility index (Phi) is 2.04. The van der Waals surface area contributed by atoms with Crippen LogP contribution in [-0.2, 0) is 0 Å². The van der Waals surface area contributed by atoms with Gasteiger partial charge < -0.3 is 0 Å². The Labute approximate surface area is 82.3 Å². The molecule has 0 spiro atoms. The molecule has 0 aliphatic heterocycles. The van der Waals surface area contributed by atoms with Crippen LogP contribution in [0.2, 0.25) is 0 Å². The fraction of sp³-hybridized carbons (Fsp3) is 0. The van der Waals surface area contributed by atoms with Crippen LogP contribution in [0.5, 0.6) is 0 Å². The molecule has 0 aliphatic rings. The molecule has 0 bridgehead atoms. The molecule has 0 amide bonds. The molecule has 66 valence electrons. The van der Waals surface area contributed by atoms with Crippen molar-refractivity contribution in [2.45, 2.75) is 0 Å². The maximum Gasteiger partial charge on any atom is 0.134 e. The van der Waals surface area contributed by atoms with Crippen molar-refractivity contribution in [3.63, 3.8) is 0 Å². The molecule has 0 fully saturated rings. The lowest BCUT2D eigenvalue weighted by atomic mass is 10.1. The summed E-state index contributed by atoms with van der Waals surface area (Å²) in [5.41, 5.74) is 0. The summed E-state index contributed by atoms with van der Waals surface area (Å²) in [5.74, 6) is -1.06. The number of fused-ring (bicyclic) bond motifs is 1. The van der Waals surface area contributed by atoms with Crippen LogP contribution in [0.1, 0.15) is 0 Å². The highest BCUT2D eigenvalue weighted by molar-refractivity contribution is 9.10. The van der Waals surface area contributed by atoms with E-state index in [1.807, 2.05) is 0 Å². The monoisotopic (exact) mass is 242 g/mol. The fourth-order valence-electron chi connectivity index (χ4n) is 1.29. The maximum absolute atomic E-state index is 13.2. The van der Waals surface area contributed by atoms with Gasteiger partial charge in [-0.25, -0.2) is 8.78 Å². The van der Waals surface area contributed by atoms with Gasteiger partial charge in [-0.1, -0.05) is 28.1 Å². The van der Waals surface area contributed by atoms with Crippen molar-refractivity contribution >= 4 is 26.7 Å². The highest BCUT2D eigenvalue weighted by atomic mass is 79.9. The molecule has 0 radical (unpaired) electrons. The van der Waals surface area contributed by atoms with Crippen molar-refractivity contribution in [3.05, 3.63) is 46.4 Å². The minimum atomic E-state index is -0.531. The molecule has 0 saturated carbocycles. The number of hydrogen-bond donors (Lipinski definition) is 0. The summed E-state index contributed by atoms with van der Waals surface area (Å²) in [4.78, 5) is 0. The van der Waals surface area contributed by atoms with E-state index >= 15 is 0 Å². The molecule has 0 N–H and O–H groups in total. The van der Waals surface area contributed by atoms with Crippen LogP contribution >= 0.6 is 15.9 Å². The van der Waals surface area contributed by atoms with Crippen molar-refractivity contribution in [1.29, 1.82) is 0 Å². The Hall–Kier alpha value is -0.960. The van der Waals surface area contributed by atoms with Crippen LogP contribution in [0, 0.1) is 11.6 Å². The molecule has 2 aromatic rings. The van der Waals surface area contributed by atoms with Crippen molar-refractivity contribution < 1.29 is 8.78 Å². The standard InChI is InChI=1S/C10H5BrF2/c11-7-4-5-9(13)10-6(7)2-1-3-8(10)12/h1-5H. The number of rotatable bonds is 0. The van der Waals surface area contributed by atoms with E-state index in [9.17, 15) is 8.78 Å². The molecule has 2 rings (SSSR count). The predicted molar refractivity (Wildman–Crippen MR) is 51.6 cm³/mol. The van der Waals surface area contributed by atoms with Gasteiger partial charge in [-0.2, -0.15) is 0 Å². The zero-order valence-corrected chi connectivity index (χ0v) is 8.11. The molecule has 0 nitrogen and oxygen atoms in total. The van der Waals surface area contributed by atoms with Crippen molar-refractivity contribution in [1.82, 2.24) is 0 Å². The SMILES string of the molecule is Fc1cccc2c(Br)ccc(F)c12. The molecular weight excluding hydrogens is 238 g/mol. The summed E-state index contributed by atoms with van der Waals surface area (Å²) < 4.78 is 27.0. The Balaban J connectivity index is 3.00. The lowest BCUT2D eigenvalue weighted by Gasteiger charge is -2.02. The van der Waals surface area contributed by atoms with Gasteiger partial charge in [0, 0.05) is 9.86 Å². The van der Waals surface area contributed by atoms with E-state index in [1.165, 1.54) is 12.1 Å². The lowest BCUT2D eigenvalue weighted by molar-refractivity contribution is 0.608. The Morgan fingerprint density at radius 3 is 2.31 bits per heavy atom. The van der Waals surface area contributed by atoms with Gasteiger partial charge in [0.2, 0.25) is 0 Å². The molecule has 0 aliphatic carbocycles. The third-order valence-corrected chi connectivity index (χ3v) is 2.58. The van der Waals surface area contributed by atoms with E-state index < -0.39 is 11.6 Å². The zero-order valence-electron chi connectivity index (χ0n) is 6.52.